The van der Waals surface area contributed by atoms with Crippen LogP contribution in [-0.2, 0) is 14.3 Å². The zero-order chi connectivity index (χ0) is 12.1. The van der Waals surface area contributed by atoms with Gasteiger partial charge in [-0.1, -0.05) is 6.92 Å². The fourth-order valence-corrected chi connectivity index (χ4v) is 2.02. The molecule has 0 aromatic carbocycles. The van der Waals surface area contributed by atoms with E-state index in [4.69, 9.17) is 9.84 Å². The number of likely N-dealkylation sites (tertiary alicyclic amines) is 1. The molecule has 0 spiro atoms. The first kappa shape index (κ1) is 13.0. The zero-order valence-electron chi connectivity index (χ0n) is 9.81. The van der Waals surface area contributed by atoms with E-state index in [1.807, 2.05) is 6.92 Å². The quantitative estimate of drug-likeness (QED) is 0.701. The van der Waals surface area contributed by atoms with Crippen LogP contribution in [0, 0.1) is 11.8 Å². The van der Waals surface area contributed by atoms with Crippen molar-refractivity contribution in [2.75, 3.05) is 26.8 Å². The number of carbonyl (C=O) groups is 2. The Balaban J connectivity index is 2.39. The van der Waals surface area contributed by atoms with Crippen molar-refractivity contribution in [2.45, 2.75) is 19.8 Å². The van der Waals surface area contributed by atoms with Crippen LogP contribution in [0.25, 0.3) is 0 Å². The summed E-state index contributed by atoms with van der Waals surface area (Å²) in [5.41, 5.74) is 0. The van der Waals surface area contributed by atoms with Gasteiger partial charge in [-0.05, 0) is 12.3 Å². The molecule has 0 aromatic rings. The van der Waals surface area contributed by atoms with Crippen LogP contribution in [0.2, 0.25) is 0 Å². The van der Waals surface area contributed by atoms with Gasteiger partial charge in [-0.15, -0.1) is 0 Å². The minimum Gasteiger partial charge on any atom is -0.481 e. The Morgan fingerprint density at radius 3 is 2.62 bits per heavy atom. The number of carbonyl (C=O) groups excluding carboxylic acids is 1. The number of carboxylic acids is 1. The summed E-state index contributed by atoms with van der Waals surface area (Å²) in [6.45, 7) is 3.35. The van der Waals surface area contributed by atoms with Crippen LogP contribution >= 0.6 is 0 Å². The minimum absolute atomic E-state index is 0.0349. The molecular formula is C11H19NO4. The first-order chi connectivity index (χ1) is 7.56. The van der Waals surface area contributed by atoms with Gasteiger partial charge in [0.1, 0.15) is 0 Å². The SMILES string of the molecule is COCCCC(=O)N1CC(C)C(C(=O)O)C1. The summed E-state index contributed by atoms with van der Waals surface area (Å²) in [7, 11) is 1.60. The fraction of sp³-hybridized carbons (Fsp3) is 0.818. The molecule has 5 heteroatoms. The highest BCUT2D eigenvalue weighted by atomic mass is 16.5. The predicted octanol–water partition coefficient (Wildman–Crippen LogP) is 0.592. The molecule has 1 saturated heterocycles. The average molecular weight is 229 g/mol. The van der Waals surface area contributed by atoms with E-state index in [1.54, 1.807) is 12.0 Å². The Morgan fingerprint density at radius 1 is 1.44 bits per heavy atom. The number of aliphatic carboxylic acids is 1. The van der Waals surface area contributed by atoms with E-state index in [9.17, 15) is 9.59 Å². The van der Waals surface area contributed by atoms with E-state index in [2.05, 4.69) is 0 Å². The standard InChI is InChI=1S/C11H19NO4/c1-8-6-12(7-9(8)11(14)15)10(13)4-3-5-16-2/h8-9H,3-7H2,1-2H3,(H,14,15). The summed E-state index contributed by atoms with van der Waals surface area (Å²) in [6.07, 6.45) is 1.13. The minimum atomic E-state index is -0.806. The highest BCUT2D eigenvalue weighted by molar-refractivity contribution is 5.78. The van der Waals surface area contributed by atoms with Gasteiger partial charge in [0.2, 0.25) is 5.91 Å². The van der Waals surface area contributed by atoms with Gasteiger partial charge < -0.3 is 14.7 Å². The lowest BCUT2D eigenvalue weighted by molar-refractivity contribution is -0.142. The van der Waals surface area contributed by atoms with Crippen LogP contribution in [0.1, 0.15) is 19.8 Å². The maximum absolute atomic E-state index is 11.7. The van der Waals surface area contributed by atoms with Gasteiger partial charge in [-0.25, -0.2) is 0 Å². The van der Waals surface area contributed by atoms with Crippen LogP contribution in [0.4, 0.5) is 0 Å². The molecule has 0 aromatic heterocycles. The maximum atomic E-state index is 11.7. The van der Waals surface area contributed by atoms with E-state index in [0.29, 0.717) is 32.5 Å². The molecule has 1 aliphatic rings. The van der Waals surface area contributed by atoms with Gasteiger partial charge in [0.15, 0.2) is 0 Å². The lowest BCUT2D eigenvalue weighted by Gasteiger charge is -2.15. The average Bonchev–Trinajstić information content (AvgIpc) is 2.60. The molecule has 1 aliphatic heterocycles. The summed E-state index contributed by atoms with van der Waals surface area (Å²) < 4.78 is 4.87. The van der Waals surface area contributed by atoms with Gasteiger partial charge in [-0.3, -0.25) is 9.59 Å². The first-order valence-electron chi connectivity index (χ1n) is 5.55. The van der Waals surface area contributed by atoms with Crippen LogP contribution < -0.4 is 0 Å². The third kappa shape index (κ3) is 3.20. The number of ether oxygens (including phenoxy) is 1. The molecular weight excluding hydrogens is 210 g/mol. The van der Waals surface area contributed by atoms with E-state index in [1.165, 1.54) is 0 Å². The molecule has 5 nitrogen and oxygen atoms in total. The van der Waals surface area contributed by atoms with Crippen LogP contribution in [0.5, 0.6) is 0 Å². The summed E-state index contributed by atoms with van der Waals surface area (Å²) >= 11 is 0. The predicted molar refractivity (Wildman–Crippen MR) is 58.0 cm³/mol. The molecule has 1 rings (SSSR count). The van der Waals surface area contributed by atoms with Gasteiger partial charge >= 0.3 is 5.97 Å². The van der Waals surface area contributed by atoms with E-state index < -0.39 is 11.9 Å². The van der Waals surface area contributed by atoms with Crippen LogP contribution in [0.15, 0.2) is 0 Å². The number of carboxylic acid groups (broad SMARTS) is 1. The van der Waals surface area contributed by atoms with Gasteiger partial charge in [0, 0.05) is 33.2 Å². The molecule has 2 unspecified atom stereocenters. The molecule has 2 atom stereocenters. The second-order valence-corrected chi connectivity index (χ2v) is 4.32. The number of hydrogen-bond acceptors (Lipinski definition) is 3. The smallest absolute Gasteiger partial charge is 0.308 e. The summed E-state index contributed by atoms with van der Waals surface area (Å²) in [6, 6.07) is 0. The van der Waals surface area contributed by atoms with E-state index >= 15 is 0 Å². The Morgan fingerprint density at radius 2 is 2.12 bits per heavy atom. The molecule has 1 heterocycles. The van der Waals surface area contributed by atoms with E-state index in [-0.39, 0.29) is 11.8 Å². The third-order valence-corrected chi connectivity index (χ3v) is 3.02. The van der Waals surface area contributed by atoms with Crippen molar-refractivity contribution in [3.63, 3.8) is 0 Å². The Hall–Kier alpha value is -1.10. The molecule has 0 bridgehead atoms. The van der Waals surface area contributed by atoms with Crippen molar-refractivity contribution in [3.8, 4) is 0 Å². The number of rotatable bonds is 5. The normalized spacial score (nSPS) is 24.8. The molecule has 92 valence electrons. The van der Waals surface area contributed by atoms with Crippen molar-refractivity contribution in [1.82, 2.24) is 4.90 Å². The molecule has 1 fully saturated rings. The number of hydrogen-bond donors (Lipinski definition) is 1. The van der Waals surface area contributed by atoms with Gasteiger partial charge in [-0.2, -0.15) is 0 Å². The molecule has 1 N–H and O–H groups in total. The largest absolute Gasteiger partial charge is 0.481 e. The maximum Gasteiger partial charge on any atom is 0.308 e. The highest BCUT2D eigenvalue weighted by Crippen LogP contribution is 2.23. The Kier molecular flexibility index (Phi) is 4.73. The Bertz CT molecular complexity index is 267. The van der Waals surface area contributed by atoms with E-state index in [0.717, 1.165) is 0 Å². The van der Waals surface area contributed by atoms with Crippen LogP contribution in [-0.4, -0.2) is 48.7 Å². The summed E-state index contributed by atoms with van der Waals surface area (Å²) in [5.74, 6) is -1.14. The second kappa shape index (κ2) is 5.84. The lowest BCUT2D eigenvalue weighted by atomic mass is 9.99. The second-order valence-electron chi connectivity index (χ2n) is 4.32. The van der Waals surface area contributed by atoms with Crippen molar-refractivity contribution < 1.29 is 19.4 Å². The summed E-state index contributed by atoms with van der Waals surface area (Å²) in [4.78, 5) is 24.2. The van der Waals surface area contributed by atoms with Crippen molar-refractivity contribution in [2.24, 2.45) is 11.8 Å². The number of amides is 1. The first-order valence-corrected chi connectivity index (χ1v) is 5.55. The van der Waals surface area contributed by atoms with Crippen LogP contribution in [0.3, 0.4) is 0 Å². The number of methoxy groups -OCH3 is 1. The monoisotopic (exact) mass is 229 g/mol. The summed E-state index contributed by atoms with van der Waals surface area (Å²) in [5, 5.41) is 8.94. The fourth-order valence-electron chi connectivity index (χ4n) is 2.02. The molecule has 1 amide bonds. The lowest BCUT2D eigenvalue weighted by Crippen LogP contribution is -2.29. The number of nitrogens with zero attached hydrogens (tertiary/aromatic N) is 1. The zero-order valence-corrected chi connectivity index (χ0v) is 9.81. The molecule has 0 saturated carbocycles. The van der Waals surface area contributed by atoms with Crippen molar-refractivity contribution in [1.29, 1.82) is 0 Å². The molecule has 0 radical (unpaired) electrons. The molecule has 16 heavy (non-hydrogen) atoms. The van der Waals surface area contributed by atoms with Gasteiger partial charge in [0.05, 0.1) is 5.92 Å². The van der Waals surface area contributed by atoms with Gasteiger partial charge in [0.25, 0.3) is 0 Å². The third-order valence-electron chi connectivity index (χ3n) is 3.02. The topological polar surface area (TPSA) is 66.8 Å². The van der Waals surface area contributed by atoms with Crippen molar-refractivity contribution in [3.05, 3.63) is 0 Å². The Labute approximate surface area is 95.4 Å². The van der Waals surface area contributed by atoms with Crippen molar-refractivity contribution >= 4 is 11.9 Å². The highest BCUT2D eigenvalue weighted by Gasteiger charge is 2.36. The molecule has 0 aliphatic carbocycles.